The van der Waals surface area contributed by atoms with Gasteiger partial charge in [0.15, 0.2) is 0 Å². The van der Waals surface area contributed by atoms with Crippen molar-refractivity contribution in [3.8, 4) is 0 Å². The molecule has 0 spiro atoms. The average molecular weight is 274 g/mol. The zero-order chi connectivity index (χ0) is 11.3. The van der Waals surface area contributed by atoms with Gasteiger partial charge in [-0.1, -0.05) is 0 Å². The molecule has 0 bridgehead atoms. The van der Waals surface area contributed by atoms with Crippen LogP contribution in [0.15, 0.2) is 27.7 Å². The van der Waals surface area contributed by atoms with Crippen LogP contribution in [-0.2, 0) is 4.79 Å². The number of halogens is 2. The predicted octanol–water partition coefficient (Wildman–Crippen LogP) is 1.71. The molecule has 0 unspecified atom stereocenters. The van der Waals surface area contributed by atoms with Gasteiger partial charge in [-0.25, -0.2) is 9.40 Å². The van der Waals surface area contributed by atoms with Crippen molar-refractivity contribution in [1.29, 1.82) is 0 Å². The first-order chi connectivity index (χ1) is 7.19. The Kier molecular flexibility index (Phi) is 4.23. The summed E-state index contributed by atoms with van der Waals surface area (Å²) < 4.78 is 13.5. The Morgan fingerprint density at radius 1 is 1.60 bits per heavy atom. The fraction of sp³-hybridized carbons (Fsp3) is 0.111. The molecule has 0 saturated carbocycles. The third-order valence-electron chi connectivity index (χ3n) is 1.60. The Morgan fingerprint density at radius 3 is 2.93 bits per heavy atom. The highest BCUT2D eigenvalue weighted by Gasteiger charge is 2.08. The highest BCUT2D eigenvalue weighted by atomic mass is 79.9. The maximum atomic E-state index is 12.9. The molecule has 0 aliphatic carbocycles. The second-order valence-corrected chi connectivity index (χ2v) is 3.44. The molecule has 0 atom stereocenters. The summed E-state index contributed by atoms with van der Waals surface area (Å²) >= 11 is 3.21. The van der Waals surface area contributed by atoms with Gasteiger partial charge in [-0.05, 0) is 28.1 Å². The van der Waals surface area contributed by atoms with Crippen LogP contribution in [0.25, 0.3) is 0 Å². The summed E-state index contributed by atoms with van der Waals surface area (Å²) in [6, 6.07) is 4.05. The average Bonchev–Trinajstić information content (AvgIpc) is 2.24. The molecule has 1 amide bonds. The lowest BCUT2D eigenvalue weighted by molar-refractivity contribution is -0.107. The molecule has 0 aromatic heterocycles. The molecule has 0 heterocycles. The second-order valence-electron chi connectivity index (χ2n) is 2.59. The standard InChI is InChI=1S/C9H9BrFN3O/c1-12-5-13-14(6-15)9-4-7(11)2-3-8(9)10/h2-6H,1H3,(H,12,13). The minimum Gasteiger partial charge on any atom is -0.281 e. The Hall–Kier alpha value is -1.43. The zero-order valence-electron chi connectivity index (χ0n) is 7.95. The lowest BCUT2D eigenvalue weighted by atomic mass is 10.3. The quantitative estimate of drug-likeness (QED) is 0.393. The first kappa shape index (κ1) is 11.6. The van der Waals surface area contributed by atoms with Crippen LogP contribution in [0.4, 0.5) is 10.1 Å². The summed E-state index contributed by atoms with van der Waals surface area (Å²) in [7, 11) is 1.55. The number of nitrogens with zero attached hydrogens (tertiary/aromatic N) is 2. The summed E-state index contributed by atoms with van der Waals surface area (Å²) in [5, 5.41) is 1.11. The van der Waals surface area contributed by atoms with Gasteiger partial charge in [0.05, 0.1) is 5.69 Å². The van der Waals surface area contributed by atoms with Crippen molar-refractivity contribution in [2.45, 2.75) is 0 Å². The number of benzene rings is 1. The predicted molar refractivity (Wildman–Crippen MR) is 60.2 cm³/mol. The lowest BCUT2D eigenvalue weighted by Gasteiger charge is -2.17. The van der Waals surface area contributed by atoms with E-state index in [0.717, 1.165) is 5.01 Å². The minimum atomic E-state index is -0.421. The second kappa shape index (κ2) is 5.45. The largest absolute Gasteiger partial charge is 0.281 e. The van der Waals surface area contributed by atoms with E-state index in [9.17, 15) is 9.18 Å². The number of hydrogen-bond acceptors (Lipinski definition) is 2. The Balaban J connectivity index is 3.00. The number of hydrogen-bond donors (Lipinski definition) is 1. The number of rotatable bonds is 4. The van der Waals surface area contributed by atoms with Gasteiger partial charge in [-0.3, -0.25) is 15.2 Å². The zero-order valence-corrected chi connectivity index (χ0v) is 9.53. The molecule has 1 rings (SSSR count). The summed E-state index contributed by atoms with van der Waals surface area (Å²) in [4.78, 5) is 14.4. The topological polar surface area (TPSA) is 44.7 Å². The molecule has 6 heteroatoms. The highest BCUT2D eigenvalue weighted by molar-refractivity contribution is 9.10. The molecular weight excluding hydrogens is 265 g/mol. The van der Waals surface area contributed by atoms with Crippen molar-refractivity contribution in [1.82, 2.24) is 5.43 Å². The number of carbonyl (C=O) groups is 1. The van der Waals surface area contributed by atoms with Crippen LogP contribution < -0.4 is 10.4 Å². The molecule has 80 valence electrons. The van der Waals surface area contributed by atoms with E-state index < -0.39 is 5.82 Å². The maximum Gasteiger partial charge on any atom is 0.232 e. The molecule has 4 nitrogen and oxygen atoms in total. The van der Waals surface area contributed by atoms with Crippen LogP contribution in [0.1, 0.15) is 0 Å². The summed E-state index contributed by atoms with van der Waals surface area (Å²) in [6.45, 7) is 0. The van der Waals surface area contributed by atoms with Gasteiger partial charge in [-0.2, -0.15) is 0 Å². The highest BCUT2D eigenvalue weighted by Crippen LogP contribution is 2.24. The van der Waals surface area contributed by atoms with Crippen LogP contribution in [0.3, 0.4) is 0 Å². The van der Waals surface area contributed by atoms with Gasteiger partial charge >= 0.3 is 0 Å². The molecule has 0 radical (unpaired) electrons. The molecular formula is C9H9BrFN3O. The minimum absolute atomic E-state index is 0.380. The number of carbonyl (C=O) groups excluding carboxylic acids is 1. The molecule has 1 N–H and O–H groups in total. The SMILES string of the molecule is CN=CNN(C=O)c1cc(F)ccc1Br. The maximum absolute atomic E-state index is 12.9. The van der Waals surface area contributed by atoms with E-state index in [-0.39, 0.29) is 0 Å². The van der Waals surface area contributed by atoms with Crippen molar-refractivity contribution in [3.63, 3.8) is 0 Å². The van der Waals surface area contributed by atoms with Gasteiger partial charge in [0, 0.05) is 17.6 Å². The first-order valence-corrected chi connectivity index (χ1v) is 4.84. The Morgan fingerprint density at radius 2 is 2.33 bits per heavy atom. The number of hydrazine groups is 1. The molecule has 0 aliphatic heterocycles. The smallest absolute Gasteiger partial charge is 0.232 e. The number of anilines is 1. The van der Waals surface area contributed by atoms with Gasteiger partial charge in [-0.15, -0.1) is 0 Å². The Bertz CT molecular complexity index is 384. The molecule has 0 fully saturated rings. The van der Waals surface area contributed by atoms with Crippen molar-refractivity contribution in [2.75, 3.05) is 12.1 Å². The van der Waals surface area contributed by atoms with E-state index in [2.05, 4.69) is 26.3 Å². The van der Waals surface area contributed by atoms with Gasteiger partial charge in [0.1, 0.15) is 12.2 Å². The van der Waals surface area contributed by atoms with Gasteiger partial charge in [0.25, 0.3) is 0 Å². The van der Waals surface area contributed by atoms with Crippen LogP contribution in [-0.4, -0.2) is 19.8 Å². The van der Waals surface area contributed by atoms with Crippen LogP contribution in [0, 0.1) is 5.82 Å². The first-order valence-electron chi connectivity index (χ1n) is 4.05. The molecule has 1 aromatic rings. The van der Waals surface area contributed by atoms with E-state index in [1.54, 1.807) is 7.05 Å². The van der Waals surface area contributed by atoms with Gasteiger partial charge < -0.3 is 0 Å². The van der Waals surface area contributed by atoms with Crippen LogP contribution >= 0.6 is 15.9 Å². The van der Waals surface area contributed by atoms with E-state index in [0.29, 0.717) is 16.6 Å². The Labute approximate surface area is 94.9 Å². The number of amides is 1. The van der Waals surface area contributed by atoms with E-state index >= 15 is 0 Å². The summed E-state index contributed by atoms with van der Waals surface area (Å²) in [5.41, 5.74) is 2.96. The van der Waals surface area contributed by atoms with Crippen molar-refractivity contribution in [3.05, 3.63) is 28.5 Å². The van der Waals surface area contributed by atoms with Crippen molar-refractivity contribution in [2.24, 2.45) is 4.99 Å². The van der Waals surface area contributed by atoms with E-state index in [1.807, 2.05) is 0 Å². The van der Waals surface area contributed by atoms with Gasteiger partial charge in [0.2, 0.25) is 6.41 Å². The fourth-order valence-electron chi connectivity index (χ4n) is 0.947. The summed E-state index contributed by atoms with van der Waals surface area (Å²) in [5.74, 6) is -0.421. The van der Waals surface area contributed by atoms with E-state index in [1.165, 1.54) is 24.5 Å². The fourth-order valence-corrected chi connectivity index (χ4v) is 1.38. The number of aliphatic imine (C=N–C) groups is 1. The van der Waals surface area contributed by atoms with E-state index in [4.69, 9.17) is 0 Å². The summed E-state index contributed by atoms with van der Waals surface area (Å²) in [6.07, 6.45) is 1.85. The van der Waals surface area contributed by atoms with Crippen LogP contribution in [0.5, 0.6) is 0 Å². The van der Waals surface area contributed by atoms with Crippen LogP contribution in [0.2, 0.25) is 0 Å². The normalized spacial score (nSPS) is 10.3. The lowest BCUT2D eigenvalue weighted by Crippen LogP contribution is -2.36. The molecule has 0 aliphatic rings. The monoisotopic (exact) mass is 273 g/mol. The molecule has 0 saturated heterocycles. The third kappa shape index (κ3) is 3.02. The van der Waals surface area contributed by atoms with Crippen molar-refractivity contribution >= 4 is 34.4 Å². The molecule has 1 aromatic carbocycles. The van der Waals surface area contributed by atoms with Crippen molar-refractivity contribution < 1.29 is 9.18 Å². The molecule has 15 heavy (non-hydrogen) atoms. The third-order valence-corrected chi connectivity index (χ3v) is 2.27. The number of nitrogens with one attached hydrogen (secondary N) is 1.